The molecule has 0 aliphatic carbocycles. The fourth-order valence-corrected chi connectivity index (χ4v) is 13.2. The number of benzene rings is 6. The molecule has 538 valence electrons. The summed E-state index contributed by atoms with van der Waals surface area (Å²) in [5.74, 6) is 11.7. The van der Waals surface area contributed by atoms with Crippen LogP contribution in [0.3, 0.4) is 0 Å². The lowest BCUT2D eigenvalue weighted by molar-refractivity contribution is 0.357. The second kappa shape index (κ2) is 30.9. The van der Waals surface area contributed by atoms with E-state index < -0.39 is 0 Å². The number of aromatic amines is 5. The summed E-state index contributed by atoms with van der Waals surface area (Å²) in [6.45, 7) is 10.2. The molecule has 0 atom stereocenters. The van der Waals surface area contributed by atoms with E-state index in [0.29, 0.717) is 5.82 Å². The molecule has 6 aromatic carbocycles. The number of phenols is 1. The number of fused-ring (bicyclic) bond motifs is 8. The zero-order chi connectivity index (χ0) is 74.4. The number of methoxy groups -OCH3 is 2. The standard InChI is InChI=1S/C19H18N4O.C17H14N4O.C16H16N4O.C15H16N4S.C14H15N5O/c1-12-21-18-16(9-10-20-18)19(22-12)23(2)14-7-8-15-13(11-14)5-4-6-17(15)24-3;1-10-19-16-13(8-9-18-16)17(20-10)21-14-6-2-5-12-11(14)4-3-7-15(12)22;1-10-18-15-13(5-7-17-15)16(19-10)20(2)12-3-4-14-11(9-12)6-8-21-14;1-10-17-14-13(8-9-16-14)15(18-10)19(2)11-4-6-12(20-3)7-5-11;1-9-17-13-11(6-7-15-13)14(18-9)19(2)12-5-4-10(20-3)8-16-12/h4-11H,1-3H3,(H,20,21,22);2-9,22H,1H3,(H2,18,19,20,21);3-5,7,9H,6,8H2,1-2H3,(H,17,18,19);4-9H,1-3H3,(H,16,17,18);4-8H,1-3H3,(H,15,17,18). The normalized spacial score (nSPS) is 11.4. The summed E-state index contributed by atoms with van der Waals surface area (Å²) in [6.07, 6.45) is 14.1. The van der Waals surface area contributed by atoms with Gasteiger partial charge in [0.1, 0.15) is 115 Å². The number of ether oxygens (including phenoxy) is 3. The van der Waals surface area contributed by atoms with Gasteiger partial charge in [-0.1, -0.05) is 36.4 Å². The molecule has 1 aliphatic heterocycles. The lowest BCUT2D eigenvalue weighted by Gasteiger charge is -2.20. The van der Waals surface area contributed by atoms with Crippen LogP contribution in [-0.2, 0) is 6.42 Å². The quantitative estimate of drug-likeness (QED) is 0.0528. The molecule has 0 unspecified atom stereocenters. The molecule has 17 aromatic rings. The van der Waals surface area contributed by atoms with Crippen LogP contribution in [-0.4, -0.2) is 140 Å². The van der Waals surface area contributed by atoms with Crippen LogP contribution in [0.5, 0.6) is 23.0 Å². The number of aromatic hydroxyl groups is 1. The van der Waals surface area contributed by atoms with E-state index in [1.807, 2.05) is 190 Å². The number of hydrogen-bond donors (Lipinski definition) is 7. The number of pyridine rings is 1. The molecule has 11 aromatic heterocycles. The van der Waals surface area contributed by atoms with Crippen molar-refractivity contribution in [3.05, 3.63) is 230 Å². The van der Waals surface area contributed by atoms with E-state index in [1.165, 1.54) is 10.5 Å². The zero-order valence-electron chi connectivity index (χ0n) is 61.2. The first-order valence-corrected chi connectivity index (χ1v) is 35.7. The first-order valence-electron chi connectivity index (χ1n) is 34.5. The third-order valence-electron chi connectivity index (χ3n) is 18.2. The maximum absolute atomic E-state index is 9.99. The second-order valence-electron chi connectivity index (χ2n) is 25.2. The average Bonchev–Trinajstić information content (AvgIpc) is 1.68. The van der Waals surface area contributed by atoms with Crippen LogP contribution < -0.4 is 39.1 Å². The summed E-state index contributed by atoms with van der Waals surface area (Å²) in [6, 6.07) is 52.1. The van der Waals surface area contributed by atoms with Gasteiger partial charge in [0.15, 0.2) is 0 Å². The summed E-state index contributed by atoms with van der Waals surface area (Å²) < 4.78 is 16.1. The van der Waals surface area contributed by atoms with Crippen molar-refractivity contribution in [1.82, 2.24) is 79.7 Å². The van der Waals surface area contributed by atoms with Gasteiger partial charge in [0.05, 0.1) is 54.0 Å². The number of nitrogens with one attached hydrogen (secondary N) is 6. The summed E-state index contributed by atoms with van der Waals surface area (Å²) in [4.78, 5) is 74.3. The van der Waals surface area contributed by atoms with Crippen LogP contribution in [0.2, 0.25) is 0 Å². The van der Waals surface area contributed by atoms with Crippen molar-refractivity contribution in [3.63, 3.8) is 0 Å². The minimum atomic E-state index is 0.270. The Labute approximate surface area is 620 Å². The molecule has 0 spiro atoms. The highest BCUT2D eigenvalue weighted by Crippen LogP contribution is 2.38. The molecular formula is C81H79N21O4S. The van der Waals surface area contributed by atoms with Gasteiger partial charge in [-0.3, -0.25) is 0 Å². The minimum absolute atomic E-state index is 0.270. The van der Waals surface area contributed by atoms with E-state index in [-0.39, 0.29) is 5.75 Å². The maximum Gasteiger partial charge on any atom is 0.147 e. The molecule has 0 bridgehead atoms. The largest absolute Gasteiger partial charge is 0.507 e. The number of anilines is 10. The van der Waals surface area contributed by atoms with E-state index in [2.05, 4.69) is 167 Å². The molecule has 0 amide bonds. The Morgan fingerprint density at radius 1 is 0.439 bits per heavy atom. The Hall–Kier alpha value is -13.4. The topological polar surface area (TPSA) is 294 Å². The smallest absolute Gasteiger partial charge is 0.147 e. The van der Waals surface area contributed by atoms with Crippen LogP contribution in [0, 0.1) is 34.6 Å². The van der Waals surface area contributed by atoms with Gasteiger partial charge in [0.2, 0.25) is 0 Å². The third-order valence-corrected chi connectivity index (χ3v) is 19.0. The van der Waals surface area contributed by atoms with Gasteiger partial charge in [0.25, 0.3) is 0 Å². The molecule has 12 heterocycles. The predicted octanol–water partition coefficient (Wildman–Crippen LogP) is 17.2. The predicted molar refractivity (Wildman–Crippen MR) is 429 cm³/mol. The van der Waals surface area contributed by atoms with Crippen LogP contribution >= 0.6 is 11.8 Å². The van der Waals surface area contributed by atoms with Crippen LogP contribution in [0.25, 0.3) is 76.7 Å². The van der Waals surface area contributed by atoms with Gasteiger partial charge >= 0.3 is 0 Å². The number of rotatable bonds is 13. The fraction of sp³-hybridized carbons (Fsp3) is 0.173. The molecule has 7 N–H and O–H groups in total. The van der Waals surface area contributed by atoms with E-state index in [0.717, 1.165) is 188 Å². The maximum atomic E-state index is 9.99. The van der Waals surface area contributed by atoms with E-state index in [9.17, 15) is 5.11 Å². The number of nitrogens with zero attached hydrogens (tertiary/aromatic N) is 15. The van der Waals surface area contributed by atoms with E-state index >= 15 is 0 Å². The number of thioether (sulfide) groups is 1. The van der Waals surface area contributed by atoms with Crippen LogP contribution in [0.4, 0.5) is 57.7 Å². The Kier molecular flexibility index (Phi) is 20.4. The monoisotopic (exact) mass is 1440 g/mol. The van der Waals surface area contributed by atoms with Gasteiger partial charge in [-0.25, -0.2) is 54.8 Å². The Morgan fingerprint density at radius 2 is 0.916 bits per heavy atom. The average molecular weight is 1440 g/mol. The van der Waals surface area contributed by atoms with Crippen LogP contribution in [0.1, 0.15) is 34.7 Å². The highest BCUT2D eigenvalue weighted by molar-refractivity contribution is 7.98. The molecule has 0 saturated heterocycles. The summed E-state index contributed by atoms with van der Waals surface area (Å²) in [7, 11) is 11.3. The number of H-pyrrole nitrogens is 5. The summed E-state index contributed by atoms with van der Waals surface area (Å²) in [5, 5.41) is 22.3. The summed E-state index contributed by atoms with van der Waals surface area (Å²) in [5.41, 5.74) is 9.68. The number of aromatic nitrogens is 16. The number of phenolic OH excluding ortho intramolecular Hbond substituents is 1. The van der Waals surface area contributed by atoms with Crippen molar-refractivity contribution in [1.29, 1.82) is 0 Å². The molecule has 18 rings (SSSR count). The van der Waals surface area contributed by atoms with E-state index in [4.69, 9.17) is 14.2 Å². The summed E-state index contributed by atoms with van der Waals surface area (Å²) >= 11 is 1.74. The minimum Gasteiger partial charge on any atom is -0.507 e. The first kappa shape index (κ1) is 70.7. The lowest BCUT2D eigenvalue weighted by Crippen LogP contribution is -2.14. The van der Waals surface area contributed by atoms with Gasteiger partial charge in [-0.15, -0.1) is 11.8 Å². The third kappa shape index (κ3) is 15.1. The van der Waals surface area contributed by atoms with Gasteiger partial charge in [-0.2, -0.15) is 0 Å². The van der Waals surface area contributed by atoms with Crippen molar-refractivity contribution in [3.8, 4) is 23.0 Å². The molecule has 0 radical (unpaired) electrons. The van der Waals surface area contributed by atoms with Crippen molar-refractivity contribution >= 4 is 146 Å². The molecule has 107 heavy (non-hydrogen) atoms. The second-order valence-corrected chi connectivity index (χ2v) is 26.1. The van der Waals surface area contributed by atoms with Crippen molar-refractivity contribution < 1.29 is 19.3 Å². The Balaban J connectivity index is 0.000000112. The van der Waals surface area contributed by atoms with Crippen LogP contribution in [0.15, 0.2) is 200 Å². The molecule has 25 nitrogen and oxygen atoms in total. The van der Waals surface area contributed by atoms with E-state index in [1.54, 1.807) is 38.2 Å². The molecule has 26 heteroatoms. The van der Waals surface area contributed by atoms with Crippen molar-refractivity contribution in [2.24, 2.45) is 0 Å². The highest BCUT2D eigenvalue weighted by atomic mass is 32.2. The lowest BCUT2D eigenvalue weighted by atomic mass is 10.1. The van der Waals surface area contributed by atoms with Crippen molar-refractivity contribution in [2.45, 2.75) is 45.9 Å². The van der Waals surface area contributed by atoms with Gasteiger partial charge in [-0.05, 0) is 173 Å². The van der Waals surface area contributed by atoms with Gasteiger partial charge in [0, 0.05) is 109 Å². The number of hydrogen-bond acceptors (Lipinski definition) is 21. The molecular weight excluding hydrogens is 1360 g/mol. The SMILES string of the molecule is COc1ccc(N(C)c2nc(C)nc3[nH]ccc23)nc1.COc1cccc2cc(N(C)c3nc(C)nc4[nH]ccc34)ccc12.CSc1ccc(N(C)c2nc(C)nc3[nH]ccc23)cc1.Cc1nc(N(C)c2ccc3c(c2)CCO3)c2cc[nH]c2n1.Cc1nc(Nc2cccc3c(O)cccc23)c2cc[nH]c2n1. The Morgan fingerprint density at radius 3 is 1.45 bits per heavy atom. The zero-order valence-corrected chi connectivity index (χ0v) is 62.0. The first-order chi connectivity index (χ1) is 52.0. The van der Waals surface area contributed by atoms with Gasteiger partial charge < -0.3 is 69.2 Å². The fourth-order valence-electron chi connectivity index (χ4n) is 12.8. The van der Waals surface area contributed by atoms with Crippen molar-refractivity contribution in [2.75, 3.05) is 80.2 Å². The molecule has 0 fully saturated rings. The Bertz CT molecular complexity index is 5890. The molecule has 1 aliphatic rings. The highest BCUT2D eigenvalue weighted by Gasteiger charge is 2.20. The molecule has 0 saturated carbocycles. The number of aryl methyl sites for hydroxylation is 5.